The lowest BCUT2D eigenvalue weighted by Gasteiger charge is -2.26. The molecule has 0 aromatic heterocycles. The lowest BCUT2D eigenvalue weighted by atomic mass is 9.79. The third-order valence-electron chi connectivity index (χ3n) is 3.45. The Labute approximate surface area is 117 Å². The molecule has 1 unspecified atom stereocenters. The average Bonchev–Trinajstić information content (AvgIpc) is 2.39. The fourth-order valence-electron chi connectivity index (χ4n) is 2.67. The van der Waals surface area contributed by atoms with E-state index in [1.165, 1.54) is 17.5 Å². The molecule has 19 heavy (non-hydrogen) atoms. The van der Waals surface area contributed by atoms with E-state index in [2.05, 4.69) is 81.4 Å². The first kappa shape index (κ1) is 13.9. The molecule has 0 spiro atoms. The molecule has 0 N–H and O–H groups in total. The van der Waals surface area contributed by atoms with Gasteiger partial charge in [0.1, 0.15) is 0 Å². The predicted octanol–water partition coefficient (Wildman–Crippen LogP) is 5.45. The fraction of sp³-hybridized carbons (Fsp3) is 0.368. The zero-order valence-electron chi connectivity index (χ0n) is 12.3. The molecule has 2 aromatic carbocycles. The monoisotopic (exact) mass is 252 g/mol. The molecule has 0 saturated carbocycles. The van der Waals surface area contributed by atoms with E-state index in [-0.39, 0.29) is 0 Å². The maximum Gasteiger partial charge on any atom is -0.0117 e. The summed E-state index contributed by atoms with van der Waals surface area (Å²) in [4.78, 5) is 0. The first-order valence-electron chi connectivity index (χ1n) is 7.13. The minimum Gasteiger partial charge on any atom is -0.0622 e. The van der Waals surface area contributed by atoms with Gasteiger partial charge in [-0.2, -0.15) is 0 Å². The second-order valence-corrected chi connectivity index (χ2v) is 6.56. The highest BCUT2D eigenvalue weighted by atomic mass is 14.2. The molecule has 0 bridgehead atoms. The molecule has 0 aliphatic heterocycles. The smallest absolute Gasteiger partial charge is 0.0117 e. The Morgan fingerprint density at radius 2 is 1.32 bits per heavy atom. The van der Waals surface area contributed by atoms with Crippen molar-refractivity contribution in [1.29, 1.82) is 0 Å². The Bertz CT molecular complexity index is 476. The summed E-state index contributed by atoms with van der Waals surface area (Å²) in [6.07, 6.45) is 2.34. The molecule has 0 aliphatic rings. The van der Waals surface area contributed by atoms with Crippen LogP contribution in [0.1, 0.15) is 44.2 Å². The van der Waals surface area contributed by atoms with Gasteiger partial charge in [-0.25, -0.2) is 0 Å². The van der Waals surface area contributed by atoms with Crippen LogP contribution in [-0.4, -0.2) is 0 Å². The Kier molecular flexibility index (Phi) is 4.42. The molecule has 0 heteroatoms. The lowest BCUT2D eigenvalue weighted by Crippen LogP contribution is -2.14. The van der Waals surface area contributed by atoms with Gasteiger partial charge in [-0.1, -0.05) is 81.4 Å². The van der Waals surface area contributed by atoms with Crippen molar-refractivity contribution < 1.29 is 0 Å². The van der Waals surface area contributed by atoms with Crippen molar-refractivity contribution in [3.8, 4) is 0 Å². The Morgan fingerprint density at radius 3 is 1.84 bits per heavy atom. The first-order chi connectivity index (χ1) is 9.04. The van der Waals surface area contributed by atoms with Crippen molar-refractivity contribution in [1.82, 2.24) is 0 Å². The van der Waals surface area contributed by atoms with Gasteiger partial charge in [0.2, 0.25) is 0 Å². The quantitative estimate of drug-likeness (QED) is 0.679. The summed E-state index contributed by atoms with van der Waals surface area (Å²) < 4.78 is 0. The number of hydrogen-bond donors (Lipinski definition) is 0. The molecular formula is C19H24. The Hall–Kier alpha value is -1.56. The summed E-state index contributed by atoms with van der Waals surface area (Å²) in [6.45, 7) is 6.98. The van der Waals surface area contributed by atoms with Gasteiger partial charge in [0, 0.05) is 0 Å². The zero-order chi connectivity index (χ0) is 13.7. The second kappa shape index (κ2) is 6.06. The van der Waals surface area contributed by atoms with Gasteiger partial charge in [0.05, 0.1) is 0 Å². The summed E-state index contributed by atoms with van der Waals surface area (Å²) in [5.41, 5.74) is 3.25. The van der Waals surface area contributed by atoms with Crippen LogP contribution in [0.3, 0.4) is 0 Å². The molecule has 0 nitrogen and oxygen atoms in total. The number of benzene rings is 2. The topological polar surface area (TPSA) is 0 Å². The minimum atomic E-state index is 0.356. The van der Waals surface area contributed by atoms with Gasteiger partial charge in [-0.3, -0.25) is 0 Å². The van der Waals surface area contributed by atoms with Crippen LogP contribution in [0, 0.1) is 5.41 Å². The molecule has 1 atom stereocenters. The molecule has 0 aliphatic carbocycles. The van der Waals surface area contributed by atoms with Gasteiger partial charge in [0.25, 0.3) is 0 Å². The van der Waals surface area contributed by atoms with E-state index in [9.17, 15) is 0 Å². The van der Waals surface area contributed by atoms with E-state index in [0.29, 0.717) is 11.3 Å². The minimum absolute atomic E-state index is 0.356. The molecule has 100 valence electrons. The summed E-state index contributed by atoms with van der Waals surface area (Å²) in [6, 6.07) is 21.7. The average molecular weight is 252 g/mol. The van der Waals surface area contributed by atoms with Gasteiger partial charge in [0.15, 0.2) is 0 Å². The van der Waals surface area contributed by atoms with Crippen LogP contribution < -0.4 is 0 Å². The van der Waals surface area contributed by atoms with Gasteiger partial charge < -0.3 is 0 Å². The maximum atomic E-state index is 2.33. The summed E-state index contributed by atoms with van der Waals surface area (Å²) in [5, 5.41) is 0. The highest BCUT2D eigenvalue weighted by Crippen LogP contribution is 2.33. The van der Waals surface area contributed by atoms with Crippen molar-refractivity contribution in [3.05, 3.63) is 71.8 Å². The molecule has 0 saturated heterocycles. The molecule has 0 amide bonds. The summed E-state index contributed by atoms with van der Waals surface area (Å²) in [5.74, 6) is 0.601. The van der Waals surface area contributed by atoms with Crippen LogP contribution >= 0.6 is 0 Å². The largest absolute Gasteiger partial charge is 0.0622 e. The van der Waals surface area contributed by atoms with E-state index < -0.39 is 0 Å². The predicted molar refractivity (Wildman–Crippen MR) is 83.4 cm³/mol. The van der Waals surface area contributed by atoms with Gasteiger partial charge >= 0.3 is 0 Å². The first-order valence-corrected chi connectivity index (χ1v) is 7.13. The van der Waals surface area contributed by atoms with E-state index >= 15 is 0 Å². The summed E-state index contributed by atoms with van der Waals surface area (Å²) >= 11 is 0. The van der Waals surface area contributed by atoms with Crippen molar-refractivity contribution in [2.45, 2.75) is 39.5 Å². The molecule has 0 heterocycles. The van der Waals surface area contributed by atoms with Crippen molar-refractivity contribution in [2.75, 3.05) is 0 Å². The van der Waals surface area contributed by atoms with Crippen molar-refractivity contribution >= 4 is 0 Å². The molecule has 0 radical (unpaired) electrons. The SMILES string of the molecule is CC(C)(C)CC(Cc1ccccc1)c1ccccc1. The third kappa shape index (κ3) is 4.55. The van der Waals surface area contributed by atoms with E-state index in [4.69, 9.17) is 0 Å². The highest BCUT2D eigenvalue weighted by Gasteiger charge is 2.20. The molecular weight excluding hydrogens is 228 g/mol. The van der Waals surface area contributed by atoms with E-state index in [0.717, 1.165) is 6.42 Å². The maximum absolute atomic E-state index is 2.33. The van der Waals surface area contributed by atoms with Crippen molar-refractivity contribution in [2.24, 2.45) is 5.41 Å². The lowest BCUT2D eigenvalue weighted by molar-refractivity contribution is 0.338. The van der Waals surface area contributed by atoms with Crippen LogP contribution in [0.2, 0.25) is 0 Å². The molecule has 2 aromatic rings. The zero-order valence-corrected chi connectivity index (χ0v) is 12.3. The van der Waals surface area contributed by atoms with Crippen LogP contribution in [0.5, 0.6) is 0 Å². The second-order valence-electron chi connectivity index (χ2n) is 6.56. The van der Waals surface area contributed by atoms with E-state index in [1.54, 1.807) is 0 Å². The van der Waals surface area contributed by atoms with Crippen molar-refractivity contribution in [3.63, 3.8) is 0 Å². The van der Waals surface area contributed by atoms with Crippen LogP contribution in [0.25, 0.3) is 0 Å². The molecule has 0 fully saturated rings. The number of hydrogen-bond acceptors (Lipinski definition) is 0. The van der Waals surface area contributed by atoms with Gasteiger partial charge in [-0.05, 0) is 35.3 Å². The molecule has 2 rings (SSSR count). The fourth-order valence-corrected chi connectivity index (χ4v) is 2.67. The van der Waals surface area contributed by atoms with Crippen LogP contribution in [-0.2, 0) is 6.42 Å². The highest BCUT2D eigenvalue weighted by molar-refractivity contribution is 5.24. The van der Waals surface area contributed by atoms with E-state index in [1.807, 2.05) is 0 Å². The Morgan fingerprint density at radius 1 is 0.789 bits per heavy atom. The van der Waals surface area contributed by atoms with Gasteiger partial charge in [-0.15, -0.1) is 0 Å². The Balaban J connectivity index is 2.20. The number of rotatable bonds is 4. The standard InChI is InChI=1S/C19H24/c1-19(2,3)15-18(17-12-8-5-9-13-17)14-16-10-6-4-7-11-16/h4-13,18H,14-15H2,1-3H3. The van der Waals surface area contributed by atoms with Crippen LogP contribution in [0.15, 0.2) is 60.7 Å². The van der Waals surface area contributed by atoms with Crippen LogP contribution in [0.4, 0.5) is 0 Å². The summed E-state index contributed by atoms with van der Waals surface area (Å²) in [7, 11) is 0. The third-order valence-corrected chi connectivity index (χ3v) is 3.45. The normalized spacial score (nSPS) is 13.2.